The van der Waals surface area contributed by atoms with Crippen molar-refractivity contribution in [3.8, 4) is 0 Å². The van der Waals surface area contributed by atoms with E-state index in [0.717, 1.165) is 25.7 Å². The Kier molecular flexibility index (Phi) is 8.23. The van der Waals surface area contributed by atoms with E-state index in [2.05, 4.69) is 11.7 Å². The van der Waals surface area contributed by atoms with E-state index >= 15 is 0 Å². The molecule has 0 amide bonds. The molecule has 1 unspecified atom stereocenters. The van der Waals surface area contributed by atoms with Crippen LogP contribution in [-0.2, 0) is 9.53 Å². The predicted molar refractivity (Wildman–Crippen MR) is 68.1 cm³/mol. The zero-order valence-corrected chi connectivity index (χ0v) is 11.9. The van der Waals surface area contributed by atoms with Gasteiger partial charge in [-0.1, -0.05) is 48.8 Å². The van der Waals surface area contributed by atoms with Gasteiger partial charge in [-0.3, -0.25) is 0 Å². The van der Waals surface area contributed by atoms with E-state index < -0.39 is 18.3 Å². The van der Waals surface area contributed by atoms with Gasteiger partial charge in [0.15, 0.2) is 0 Å². The molecule has 0 N–H and O–H groups in total. The Morgan fingerprint density at radius 3 is 2.50 bits per heavy atom. The quantitative estimate of drug-likeness (QED) is 0.287. The first-order chi connectivity index (χ1) is 7.44. The van der Waals surface area contributed by atoms with Crippen LogP contribution in [0.5, 0.6) is 0 Å². The lowest BCUT2D eigenvalue weighted by Gasteiger charge is -2.17. The summed E-state index contributed by atoms with van der Waals surface area (Å²) < 4.78 is 30.7. The molecule has 5 heteroatoms. The van der Waals surface area contributed by atoms with Crippen LogP contribution in [0.25, 0.3) is 0 Å². The molecule has 0 bridgehead atoms. The monoisotopic (exact) mass is 348 g/mol. The van der Waals surface area contributed by atoms with Gasteiger partial charge < -0.3 is 4.74 Å². The second-order valence-corrected chi connectivity index (χ2v) is 5.48. The molecule has 16 heavy (non-hydrogen) atoms. The minimum atomic E-state index is -3.34. The summed E-state index contributed by atoms with van der Waals surface area (Å²) in [5.41, 5.74) is 0. The van der Waals surface area contributed by atoms with Crippen LogP contribution >= 0.6 is 22.6 Å². The molecule has 0 aromatic carbocycles. The maximum absolute atomic E-state index is 13.3. The highest BCUT2D eigenvalue weighted by Crippen LogP contribution is 2.28. The Morgan fingerprint density at radius 2 is 2.00 bits per heavy atom. The van der Waals surface area contributed by atoms with E-state index in [1.165, 1.54) is 6.92 Å². The SMILES string of the molecule is CCCCCC(I)CC(F)(F)C(=O)OCC. The number of carbonyl (C=O) groups is 1. The molecule has 0 saturated carbocycles. The summed E-state index contributed by atoms with van der Waals surface area (Å²) in [4.78, 5) is 11.0. The normalized spacial score (nSPS) is 13.6. The summed E-state index contributed by atoms with van der Waals surface area (Å²) in [6.07, 6.45) is 3.35. The number of halogens is 3. The minimum absolute atomic E-state index is 0.00380. The van der Waals surface area contributed by atoms with Gasteiger partial charge in [-0.25, -0.2) is 4.79 Å². The fourth-order valence-electron chi connectivity index (χ4n) is 1.32. The second kappa shape index (κ2) is 8.20. The Bertz CT molecular complexity index is 210. The Hall–Kier alpha value is 0.0600. The molecule has 0 aliphatic heterocycles. The zero-order valence-electron chi connectivity index (χ0n) is 9.77. The van der Waals surface area contributed by atoms with E-state index in [9.17, 15) is 13.6 Å². The fraction of sp³-hybridized carbons (Fsp3) is 0.909. The smallest absolute Gasteiger partial charge is 0.377 e. The third-order valence-corrected chi connectivity index (χ3v) is 3.24. The van der Waals surface area contributed by atoms with E-state index in [4.69, 9.17) is 0 Å². The van der Waals surface area contributed by atoms with Crippen molar-refractivity contribution >= 4 is 28.6 Å². The van der Waals surface area contributed by atoms with Crippen LogP contribution in [0.2, 0.25) is 0 Å². The van der Waals surface area contributed by atoms with Gasteiger partial charge in [-0.15, -0.1) is 0 Å². The summed E-state index contributed by atoms with van der Waals surface area (Å²) >= 11 is 1.98. The first-order valence-electron chi connectivity index (χ1n) is 5.63. The van der Waals surface area contributed by atoms with Gasteiger partial charge in [0.25, 0.3) is 0 Å². The Balaban J connectivity index is 3.98. The van der Waals surface area contributed by atoms with Crippen LogP contribution in [0.1, 0.15) is 46.0 Å². The molecule has 0 aliphatic carbocycles. The summed E-state index contributed by atoms with van der Waals surface area (Å²) in [5, 5.41) is 0. The molecule has 0 fully saturated rings. The highest BCUT2D eigenvalue weighted by Gasteiger charge is 2.41. The molecule has 0 saturated heterocycles. The van der Waals surface area contributed by atoms with Crippen molar-refractivity contribution in [2.75, 3.05) is 6.61 Å². The number of esters is 1. The number of rotatable bonds is 8. The van der Waals surface area contributed by atoms with Crippen LogP contribution in [-0.4, -0.2) is 22.4 Å². The summed E-state index contributed by atoms with van der Waals surface area (Å²) in [6.45, 7) is 3.59. The number of carbonyl (C=O) groups excluding carboxylic acids is 1. The van der Waals surface area contributed by atoms with Crippen LogP contribution < -0.4 is 0 Å². The predicted octanol–water partition coefficient (Wildman–Crippen LogP) is 3.96. The molecular weight excluding hydrogens is 329 g/mol. The van der Waals surface area contributed by atoms with Crippen molar-refractivity contribution < 1.29 is 18.3 Å². The molecular formula is C11H19F2IO2. The molecule has 0 aromatic heterocycles. The lowest BCUT2D eigenvalue weighted by atomic mass is 10.1. The number of unbranched alkanes of at least 4 members (excludes halogenated alkanes) is 2. The van der Waals surface area contributed by atoms with E-state index in [1.54, 1.807) is 0 Å². The first-order valence-corrected chi connectivity index (χ1v) is 6.87. The van der Waals surface area contributed by atoms with Gasteiger partial charge in [0.1, 0.15) is 0 Å². The highest BCUT2D eigenvalue weighted by atomic mass is 127. The van der Waals surface area contributed by atoms with Crippen LogP contribution in [0.3, 0.4) is 0 Å². The van der Waals surface area contributed by atoms with E-state index in [0.29, 0.717) is 0 Å². The van der Waals surface area contributed by atoms with Crippen molar-refractivity contribution in [1.82, 2.24) is 0 Å². The van der Waals surface area contributed by atoms with Crippen molar-refractivity contribution in [3.63, 3.8) is 0 Å². The maximum atomic E-state index is 13.3. The van der Waals surface area contributed by atoms with Crippen molar-refractivity contribution in [3.05, 3.63) is 0 Å². The average Bonchev–Trinajstić information content (AvgIpc) is 2.17. The Morgan fingerprint density at radius 1 is 1.38 bits per heavy atom. The summed E-state index contributed by atoms with van der Waals surface area (Å²) in [7, 11) is 0. The molecule has 0 aliphatic rings. The lowest BCUT2D eigenvalue weighted by Crippen LogP contribution is -2.33. The zero-order chi connectivity index (χ0) is 12.6. The van der Waals surface area contributed by atoms with E-state index in [-0.39, 0.29) is 10.5 Å². The molecule has 96 valence electrons. The van der Waals surface area contributed by atoms with Gasteiger partial charge in [-0.2, -0.15) is 8.78 Å². The average molecular weight is 348 g/mol. The number of alkyl halides is 3. The van der Waals surface area contributed by atoms with Gasteiger partial charge in [0.2, 0.25) is 0 Å². The fourth-order valence-corrected chi connectivity index (χ4v) is 2.31. The summed E-state index contributed by atoms with van der Waals surface area (Å²) in [5.74, 6) is -4.74. The third kappa shape index (κ3) is 6.60. The molecule has 2 nitrogen and oxygen atoms in total. The van der Waals surface area contributed by atoms with E-state index in [1.807, 2.05) is 22.6 Å². The van der Waals surface area contributed by atoms with Gasteiger partial charge >= 0.3 is 11.9 Å². The van der Waals surface area contributed by atoms with Crippen molar-refractivity contribution in [2.45, 2.75) is 55.8 Å². The molecule has 0 aromatic rings. The van der Waals surface area contributed by atoms with Crippen LogP contribution in [0.4, 0.5) is 8.78 Å². The highest BCUT2D eigenvalue weighted by molar-refractivity contribution is 14.1. The van der Waals surface area contributed by atoms with Gasteiger partial charge in [0.05, 0.1) is 6.61 Å². The summed E-state index contributed by atoms with van der Waals surface area (Å²) in [6, 6.07) is 0. The third-order valence-electron chi connectivity index (χ3n) is 2.17. The minimum Gasteiger partial charge on any atom is -0.462 e. The topological polar surface area (TPSA) is 26.3 Å². The number of hydrogen-bond acceptors (Lipinski definition) is 2. The molecule has 1 atom stereocenters. The molecule has 0 rings (SSSR count). The molecule has 0 spiro atoms. The van der Waals surface area contributed by atoms with Gasteiger partial charge in [-0.05, 0) is 13.3 Å². The number of hydrogen-bond donors (Lipinski definition) is 0. The van der Waals surface area contributed by atoms with Gasteiger partial charge in [0, 0.05) is 10.3 Å². The van der Waals surface area contributed by atoms with Crippen LogP contribution in [0.15, 0.2) is 0 Å². The first kappa shape index (κ1) is 16.1. The van der Waals surface area contributed by atoms with Crippen molar-refractivity contribution in [2.24, 2.45) is 0 Å². The number of ether oxygens (including phenoxy) is 1. The van der Waals surface area contributed by atoms with Crippen LogP contribution in [0, 0.1) is 0 Å². The van der Waals surface area contributed by atoms with Crippen molar-refractivity contribution in [1.29, 1.82) is 0 Å². The largest absolute Gasteiger partial charge is 0.462 e. The Labute approximate surface area is 109 Å². The maximum Gasteiger partial charge on any atom is 0.377 e. The lowest BCUT2D eigenvalue weighted by molar-refractivity contribution is -0.172. The standard InChI is InChI=1S/C11H19F2IO2/c1-3-5-6-7-9(14)8-11(12,13)10(15)16-4-2/h9H,3-8H2,1-2H3. The molecule has 0 heterocycles. The second-order valence-electron chi connectivity index (χ2n) is 3.72. The molecule has 0 radical (unpaired) electrons.